The van der Waals surface area contributed by atoms with Crippen LogP contribution in [0.1, 0.15) is 33.9 Å². The maximum atomic E-state index is 4.52. The summed E-state index contributed by atoms with van der Waals surface area (Å²) in [6.07, 6.45) is 0. The highest BCUT2D eigenvalue weighted by Gasteiger charge is 2.23. The fourth-order valence-corrected chi connectivity index (χ4v) is 3.77. The Morgan fingerprint density at radius 2 is 1.44 bits per heavy atom. The van der Waals surface area contributed by atoms with Crippen LogP contribution in [0, 0.1) is 20.8 Å². The molecule has 3 aromatic carbocycles. The SMILES string of the molecule is Cc1cc(C)c(C(c2ccccc2)n2nnc3ccccc32)c(C)c1. The first-order valence-corrected chi connectivity index (χ1v) is 8.58. The lowest BCUT2D eigenvalue weighted by Crippen LogP contribution is -2.16. The van der Waals surface area contributed by atoms with Crippen molar-refractivity contribution < 1.29 is 0 Å². The van der Waals surface area contributed by atoms with Crippen molar-refractivity contribution in [2.75, 3.05) is 0 Å². The second-order valence-electron chi connectivity index (χ2n) is 6.65. The highest BCUT2D eigenvalue weighted by Crippen LogP contribution is 2.33. The number of aryl methyl sites for hydroxylation is 3. The number of fused-ring (bicyclic) bond motifs is 1. The fourth-order valence-electron chi connectivity index (χ4n) is 3.77. The first-order chi connectivity index (χ1) is 12.1. The van der Waals surface area contributed by atoms with E-state index in [9.17, 15) is 0 Å². The van der Waals surface area contributed by atoms with Gasteiger partial charge >= 0.3 is 0 Å². The Labute approximate surface area is 147 Å². The van der Waals surface area contributed by atoms with Gasteiger partial charge in [-0.05, 0) is 55.2 Å². The van der Waals surface area contributed by atoms with Crippen LogP contribution in [0.25, 0.3) is 11.0 Å². The van der Waals surface area contributed by atoms with Gasteiger partial charge in [0.25, 0.3) is 0 Å². The lowest BCUT2D eigenvalue weighted by atomic mass is 9.90. The molecule has 0 aliphatic rings. The molecule has 1 atom stereocenters. The standard InChI is InChI=1S/C22H21N3/c1-15-13-16(2)21(17(3)14-15)22(18-9-5-4-6-10-18)25-20-12-8-7-11-19(20)23-24-25/h4-14,22H,1-3H3. The molecule has 124 valence electrons. The topological polar surface area (TPSA) is 30.7 Å². The molecule has 4 rings (SSSR count). The summed E-state index contributed by atoms with van der Waals surface area (Å²) in [5, 5.41) is 8.90. The van der Waals surface area contributed by atoms with Crippen LogP contribution < -0.4 is 0 Å². The molecule has 3 nitrogen and oxygen atoms in total. The van der Waals surface area contributed by atoms with Crippen molar-refractivity contribution in [2.24, 2.45) is 0 Å². The van der Waals surface area contributed by atoms with E-state index in [4.69, 9.17) is 0 Å². The van der Waals surface area contributed by atoms with Crippen LogP contribution in [0.2, 0.25) is 0 Å². The summed E-state index contributed by atoms with van der Waals surface area (Å²) in [7, 11) is 0. The zero-order valence-electron chi connectivity index (χ0n) is 14.8. The number of rotatable bonds is 3. The summed E-state index contributed by atoms with van der Waals surface area (Å²) in [6, 6.07) is 23.2. The normalized spacial score (nSPS) is 12.4. The minimum Gasteiger partial charge on any atom is -0.233 e. The van der Waals surface area contributed by atoms with E-state index < -0.39 is 0 Å². The fraction of sp³-hybridized carbons (Fsp3) is 0.182. The number of hydrogen-bond donors (Lipinski definition) is 0. The molecule has 0 radical (unpaired) electrons. The lowest BCUT2D eigenvalue weighted by molar-refractivity contribution is 0.584. The zero-order valence-corrected chi connectivity index (χ0v) is 14.8. The molecule has 4 aromatic rings. The summed E-state index contributed by atoms with van der Waals surface area (Å²) >= 11 is 0. The number of aromatic nitrogens is 3. The first-order valence-electron chi connectivity index (χ1n) is 8.58. The van der Waals surface area contributed by atoms with E-state index in [0.29, 0.717) is 0 Å². The predicted molar refractivity (Wildman–Crippen MR) is 102 cm³/mol. The Hall–Kier alpha value is -2.94. The zero-order chi connectivity index (χ0) is 17.4. The molecule has 0 fully saturated rings. The van der Waals surface area contributed by atoms with E-state index >= 15 is 0 Å². The van der Waals surface area contributed by atoms with Crippen molar-refractivity contribution in [1.82, 2.24) is 15.0 Å². The minimum atomic E-state index is 0.00852. The van der Waals surface area contributed by atoms with Gasteiger partial charge in [0, 0.05) is 0 Å². The summed E-state index contributed by atoms with van der Waals surface area (Å²) in [5.41, 5.74) is 8.34. The third-order valence-corrected chi connectivity index (χ3v) is 4.75. The van der Waals surface area contributed by atoms with Crippen LogP contribution >= 0.6 is 0 Å². The van der Waals surface area contributed by atoms with E-state index in [1.165, 1.54) is 27.8 Å². The third-order valence-electron chi connectivity index (χ3n) is 4.75. The quantitative estimate of drug-likeness (QED) is 0.530. The second-order valence-corrected chi connectivity index (χ2v) is 6.65. The summed E-state index contributed by atoms with van der Waals surface area (Å²) in [5.74, 6) is 0. The molecule has 1 unspecified atom stereocenters. The van der Waals surface area contributed by atoms with E-state index in [2.05, 4.69) is 84.3 Å². The highest BCUT2D eigenvalue weighted by atomic mass is 15.4. The Balaban J connectivity index is 2.02. The van der Waals surface area contributed by atoms with Gasteiger partial charge in [0.15, 0.2) is 0 Å². The van der Waals surface area contributed by atoms with Gasteiger partial charge in [-0.25, -0.2) is 4.68 Å². The molecule has 0 aliphatic heterocycles. The first kappa shape index (κ1) is 15.6. The molecule has 0 saturated carbocycles. The van der Waals surface area contributed by atoms with Crippen molar-refractivity contribution in [3.8, 4) is 0 Å². The van der Waals surface area contributed by atoms with Gasteiger partial charge in [0.2, 0.25) is 0 Å². The van der Waals surface area contributed by atoms with Crippen LogP contribution in [-0.4, -0.2) is 15.0 Å². The van der Waals surface area contributed by atoms with Gasteiger partial charge in [-0.15, -0.1) is 5.10 Å². The monoisotopic (exact) mass is 327 g/mol. The molecule has 3 heteroatoms. The van der Waals surface area contributed by atoms with Crippen LogP contribution in [-0.2, 0) is 0 Å². The Morgan fingerprint density at radius 1 is 0.800 bits per heavy atom. The van der Waals surface area contributed by atoms with E-state index in [-0.39, 0.29) is 6.04 Å². The van der Waals surface area contributed by atoms with Crippen LogP contribution in [0.4, 0.5) is 0 Å². The second kappa shape index (κ2) is 6.17. The largest absolute Gasteiger partial charge is 0.233 e. The van der Waals surface area contributed by atoms with E-state index in [0.717, 1.165) is 11.0 Å². The molecule has 0 saturated heterocycles. The van der Waals surface area contributed by atoms with Gasteiger partial charge in [-0.2, -0.15) is 0 Å². The minimum absolute atomic E-state index is 0.00852. The lowest BCUT2D eigenvalue weighted by Gasteiger charge is -2.23. The average Bonchev–Trinajstić information content (AvgIpc) is 3.02. The van der Waals surface area contributed by atoms with Crippen LogP contribution in [0.3, 0.4) is 0 Å². The molecule has 0 amide bonds. The number of nitrogens with zero attached hydrogens (tertiary/aromatic N) is 3. The predicted octanol–water partition coefficient (Wildman–Crippen LogP) is 4.99. The third kappa shape index (κ3) is 2.72. The van der Waals surface area contributed by atoms with Crippen molar-refractivity contribution in [1.29, 1.82) is 0 Å². The molecular formula is C22H21N3. The van der Waals surface area contributed by atoms with Crippen molar-refractivity contribution in [3.63, 3.8) is 0 Å². The van der Waals surface area contributed by atoms with Gasteiger partial charge in [-0.3, -0.25) is 0 Å². The smallest absolute Gasteiger partial charge is 0.113 e. The van der Waals surface area contributed by atoms with Gasteiger partial charge in [0.05, 0.1) is 5.52 Å². The number of para-hydroxylation sites is 1. The molecule has 0 N–H and O–H groups in total. The molecule has 0 spiro atoms. The Bertz CT molecular complexity index is 1010. The maximum Gasteiger partial charge on any atom is 0.113 e. The van der Waals surface area contributed by atoms with Gasteiger partial charge in [-0.1, -0.05) is 65.4 Å². The maximum absolute atomic E-state index is 4.52. The molecular weight excluding hydrogens is 306 g/mol. The van der Waals surface area contributed by atoms with Crippen LogP contribution in [0.5, 0.6) is 0 Å². The van der Waals surface area contributed by atoms with Crippen molar-refractivity contribution in [2.45, 2.75) is 26.8 Å². The van der Waals surface area contributed by atoms with Crippen molar-refractivity contribution >= 4 is 11.0 Å². The van der Waals surface area contributed by atoms with Crippen LogP contribution in [0.15, 0.2) is 66.7 Å². The molecule has 0 bridgehead atoms. The summed E-state index contributed by atoms with van der Waals surface area (Å²) in [6.45, 7) is 6.51. The van der Waals surface area contributed by atoms with E-state index in [1.807, 2.05) is 18.2 Å². The Kier molecular flexibility index (Phi) is 3.85. The number of hydrogen-bond acceptors (Lipinski definition) is 2. The molecule has 1 heterocycles. The highest BCUT2D eigenvalue weighted by molar-refractivity contribution is 5.74. The molecule has 25 heavy (non-hydrogen) atoms. The Morgan fingerprint density at radius 3 is 2.16 bits per heavy atom. The summed E-state index contributed by atoms with van der Waals surface area (Å²) < 4.78 is 2.05. The van der Waals surface area contributed by atoms with Crippen molar-refractivity contribution in [3.05, 3.63) is 94.5 Å². The van der Waals surface area contributed by atoms with E-state index in [1.54, 1.807) is 0 Å². The average molecular weight is 327 g/mol. The number of benzene rings is 3. The molecule has 0 aliphatic carbocycles. The van der Waals surface area contributed by atoms with Gasteiger partial charge in [0.1, 0.15) is 11.6 Å². The summed E-state index contributed by atoms with van der Waals surface area (Å²) in [4.78, 5) is 0. The van der Waals surface area contributed by atoms with Gasteiger partial charge < -0.3 is 0 Å². The molecule has 1 aromatic heterocycles.